The van der Waals surface area contributed by atoms with Gasteiger partial charge in [0, 0.05) is 23.8 Å². The molecule has 1 aliphatic rings. The molecule has 2 aromatic carbocycles. The lowest BCUT2D eigenvalue weighted by molar-refractivity contribution is -0.118. The SMILES string of the molecule is CC(=O)N1c2c(C)cc(C)cc2-c2nnc(SCC(C)C)nc2O[C@H]1c1ccc(C)c(C)c1. The van der Waals surface area contributed by atoms with E-state index >= 15 is 0 Å². The molecule has 2 heterocycles. The summed E-state index contributed by atoms with van der Waals surface area (Å²) < 4.78 is 6.51. The normalized spacial score (nSPS) is 15.0. The Morgan fingerprint density at radius 2 is 1.82 bits per heavy atom. The number of carbonyl (C=O) groups excluding carboxylic acids is 1. The maximum atomic E-state index is 13.1. The number of carbonyl (C=O) groups is 1. The Balaban J connectivity index is 1.95. The van der Waals surface area contributed by atoms with E-state index in [1.54, 1.807) is 23.6 Å². The van der Waals surface area contributed by atoms with E-state index in [0.29, 0.717) is 22.6 Å². The molecule has 0 saturated heterocycles. The molecule has 33 heavy (non-hydrogen) atoms. The number of hydrogen-bond acceptors (Lipinski definition) is 6. The summed E-state index contributed by atoms with van der Waals surface area (Å²) in [5, 5.41) is 9.49. The summed E-state index contributed by atoms with van der Waals surface area (Å²) in [6, 6.07) is 10.3. The number of fused-ring (bicyclic) bond motifs is 3. The summed E-state index contributed by atoms with van der Waals surface area (Å²) in [5.74, 6) is 1.67. The Bertz CT molecular complexity index is 1230. The molecule has 0 saturated carbocycles. The van der Waals surface area contributed by atoms with Crippen molar-refractivity contribution in [3.05, 3.63) is 58.1 Å². The van der Waals surface area contributed by atoms with Gasteiger partial charge in [-0.15, -0.1) is 10.2 Å². The number of nitrogens with zero attached hydrogens (tertiary/aromatic N) is 4. The van der Waals surface area contributed by atoms with Gasteiger partial charge in [-0.05, 0) is 56.4 Å². The van der Waals surface area contributed by atoms with Gasteiger partial charge in [-0.3, -0.25) is 9.69 Å². The molecule has 1 aliphatic heterocycles. The highest BCUT2D eigenvalue weighted by molar-refractivity contribution is 7.99. The van der Waals surface area contributed by atoms with Gasteiger partial charge >= 0.3 is 0 Å². The number of amides is 1. The summed E-state index contributed by atoms with van der Waals surface area (Å²) in [4.78, 5) is 19.5. The second kappa shape index (κ2) is 9.14. The number of aromatic nitrogens is 3. The highest BCUT2D eigenvalue weighted by Gasteiger charge is 2.36. The number of aryl methyl sites for hydroxylation is 4. The van der Waals surface area contributed by atoms with Crippen molar-refractivity contribution in [2.45, 2.75) is 59.9 Å². The molecule has 0 spiro atoms. The molecule has 1 aromatic heterocycles. The van der Waals surface area contributed by atoms with Crippen molar-refractivity contribution < 1.29 is 9.53 Å². The minimum atomic E-state index is -0.664. The Kier molecular flexibility index (Phi) is 6.43. The fourth-order valence-electron chi connectivity index (χ4n) is 4.05. The van der Waals surface area contributed by atoms with Crippen LogP contribution in [0.2, 0.25) is 0 Å². The van der Waals surface area contributed by atoms with E-state index < -0.39 is 6.23 Å². The minimum absolute atomic E-state index is 0.110. The van der Waals surface area contributed by atoms with Crippen LogP contribution in [0.15, 0.2) is 35.5 Å². The highest BCUT2D eigenvalue weighted by atomic mass is 32.2. The molecule has 7 heteroatoms. The maximum Gasteiger partial charge on any atom is 0.247 e. The fourth-order valence-corrected chi connectivity index (χ4v) is 4.77. The van der Waals surface area contributed by atoms with Crippen LogP contribution in [0.4, 0.5) is 5.69 Å². The average Bonchev–Trinajstić information content (AvgIpc) is 2.89. The third kappa shape index (κ3) is 4.60. The third-order valence-corrected chi connectivity index (χ3v) is 7.00. The molecular formula is C26H30N4O2S. The molecule has 172 valence electrons. The molecule has 0 radical (unpaired) electrons. The largest absolute Gasteiger partial charge is 0.447 e. The van der Waals surface area contributed by atoms with Crippen LogP contribution in [0, 0.1) is 33.6 Å². The van der Waals surface area contributed by atoms with Gasteiger partial charge in [0.2, 0.25) is 23.2 Å². The van der Waals surface area contributed by atoms with Gasteiger partial charge in [-0.1, -0.05) is 55.4 Å². The van der Waals surface area contributed by atoms with Gasteiger partial charge in [0.05, 0.1) is 5.69 Å². The van der Waals surface area contributed by atoms with Crippen LogP contribution in [0.25, 0.3) is 11.3 Å². The Labute approximate surface area is 199 Å². The van der Waals surface area contributed by atoms with Crippen molar-refractivity contribution >= 4 is 23.4 Å². The van der Waals surface area contributed by atoms with Crippen molar-refractivity contribution in [3.8, 4) is 17.1 Å². The van der Waals surface area contributed by atoms with E-state index in [1.165, 1.54) is 5.56 Å². The third-order valence-electron chi connectivity index (χ3n) is 5.74. The summed E-state index contributed by atoms with van der Waals surface area (Å²) >= 11 is 1.56. The monoisotopic (exact) mass is 462 g/mol. The van der Waals surface area contributed by atoms with E-state index in [-0.39, 0.29) is 5.91 Å². The van der Waals surface area contributed by atoms with Crippen molar-refractivity contribution in [1.29, 1.82) is 0 Å². The van der Waals surface area contributed by atoms with Gasteiger partial charge in [0.15, 0.2) is 5.69 Å². The van der Waals surface area contributed by atoms with Gasteiger partial charge in [0.1, 0.15) is 0 Å². The first-order valence-electron chi connectivity index (χ1n) is 11.2. The number of ether oxygens (including phenoxy) is 1. The standard InChI is InChI=1S/C26H30N4O2S/c1-14(2)13-33-26-27-24-22(28-29-26)21-11-15(3)10-18(6)23(21)30(19(7)31)25(32-24)20-9-8-16(4)17(5)12-20/h8-12,14,25H,13H2,1-7H3/t25-/m0/s1. The average molecular weight is 463 g/mol. The molecule has 3 aromatic rings. The lowest BCUT2D eigenvalue weighted by Crippen LogP contribution is -2.36. The van der Waals surface area contributed by atoms with Crippen LogP contribution >= 0.6 is 11.8 Å². The summed E-state index contributed by atoms with van der Waals surface area (Å²) in [5.41, 5.74) is 7.42. The van der Waals surface area contributed by atoms with Crippen LogP contribution < -0.4 is 9.64 Å². The molecule has 6 nitrogen and oxygen atoms in total. The topological polar surface area (TPSA) is 68.2 Å². The van der Waals surface area contributed by atoms with E-state index in [4.69, 9.17) is 9.72 Å². The van der Waals surface area contributed by atoms with Crippen LogP contribution in [-0.2, 0) is 4.79 Å². The minimum Gasteiger partial charge on any atom is -0.447 e. The number of rotatable bonds is 4. The summed E-state index contributed by atoms with van der Waals surface area (Å²) in [6.07, 6.45) is -0.664. The number of anilines is 1. The van der Waals surface area contributed by atoms with Gasteiger partial charge in [-0.25, -0.2) is 0 Å². The fraction of sp³-hybridized carbons (Fsp3) is 0.385. The van der Waals surface area contributed by atoms with Gasteiger partial charge in [-0.2, -0.15) is 4.98 Å². The Morgan fingerprint density at radius 3 is 2.48 bits per heavy atom. The predicted octanol–water partition coefficient (Wildman–Crippen LogP) is 5.96. The zero-order valence-electron chi connectivity index (χ0n) is 20.3. The molecule has 0 unspecified atom stereocenters. The van der Waals surface area contributed by atoms with E-state index in [2.05, 4.69) is 56.1 Å². The Hall–Kier alpha value is -2.93. The molecule has 0 fully saturated rings. The second-order valence-corrected chi connectivity index (χ2v) is 10.1. The van der Waals surface area contributed by atoms with E-state index in [0.717, 1.165) is 39.3 Å². The van der Waals surface area contributed by atoms with Crippen LogP contribution in [0.1, 0.15) is 54.8 Å². The first-order chi connectivity index (χ1) is 15.7. The first kappa shape index (κ1) is 23.2. The molecule has 1 atom stereocenters. The van der Waals surface area contributed by atoms with Crippen molar-refractivity contribution in [2.75, 3.05) is 10.7 Å². The molecular weight excluding hydrogens is 432 g/mol. The van der Waals surface area contributed by atoms with Crippen LogP contribution in [-0.4, -0.2) is 26.8 Å². The summed E-state index contributed by atoms with van der Waals surface area (Å²) in [7, 11) is 0. The van der Waals surface area contributed by atoms with Crippen molar-refractivity contribution in [2.24, 2.45) is 5.92 Å². The Morgan fingerprint density at radius 1 is 1.06 bits per heavy atom. The van der Waals surface area contributed by atoms with Crippen molar-refractivity contribution in [1.82, 2.24) is 15.2 Å². The second-order valence-electron chi connectivity index (χ2n) is 9.13. The molecule has 0 bridgehead atoms. The van der Waals surface area contributed by atoms with E-state index in [1.807, 2.05) is 26.0 Å². The number of benzene rings is 2. The lowest BCUT2D eigenvalue weighted by atomic mass is 9.99. The number of hydrogen-bond donors (Lipinski definition) is 0. The molecule has 0 aliphatic carbocycles. The quantitative estimate of drug-likeness (QED) is 0.445. The van der Waals surface area contributed by atoms with Crippen LogP contribution in [0.5, 0.6) is 5.88 Å². The molecule has 0 N–H and O–H groups in total. The van der Waals surface area contributed by atoms with Crippen molar-refractivity contribution in [3.63, 3.8) is 0 Å². The lowest BCUT2D eigenvalue weighted by Gasteiger charge is -2.31. The van der Waals surface area contributed by atoms with Gasteiger partial charge < -0.3 is 4.74 Å². The zero-order valence-corrected chi connectivity index (χ0v) is 21.1. The van der Waals surface area contributed by atoms with E-state index in [9.17, 15) is 4.79 Å². The predicted molar refractivity (Wildman–Crippen MR) is 133 cm³/mol. The maximum absolute atomic E-state index is 13.1. The molecule has 4 rings (SSSR count). The first-order valence-corrected chi connectivity index (χ1v) is 12.2. The molecule has 1 amide bonds. The van der Waals surface area contributed by atoms with Crippen LogP contribution in [0.3, 0.4) is 0 Å². The summed E-state index contributed by atoms with van der Waals surface area (Å²) in [6.45, 7) is 14.1. The van der Waals surface area contributed by atoms with Gasteiger partial charge in [0.25, 0.3) is 0 Å². The number of thioether (sulfide) groups is 1. The highest BCUT2D eigenvalue weighted by Crippen LogP contribution is 2.45. The zero-order chi connectivity index (χ0) is 23.9. The smallest absolute Gasteiger partial charge is 0.247 e.